The van der Waals surface area contributed by atoms with Gasteiger partial charge in [0.25, 0.3) is 5.91 Å². The number of hydrogen-bond acceptors (Lipinski definition) is 3. The van der Waals surface area contributed by atoms with E-state index in [-0.39, 0.29) is 11.3 Å². The summed E-state index contributed by atoms with van der Waals surface area (Å²) in [5, 5.41) is 7.12. The normalized spacial score (nSPS) is 10.2. The highest BCUT2D eigenvalue weighted by Crippen LogP contribution is 2.18. The summed E-state index contributed by atoms with van der Waals surface area (Å²) in [4.78, 5) is 19.6. The third-order valence-corrected chi connectivity index (χ3v) is 1.67. The number of rotatable bonds is 2. The SMILES string of the molecule is COc1cc(F)ccc1C(N)=O.O=C(O)C(F)(F)F. The number of ether oxygens (including phenoxy) is 1. The molecule has 3 N–H and O–H groups in total. The van der Waals surface area contributed by atoms with Crippen LogP contribution >= 0.6 is 0 Å². The van der Waals surface area contributed by atoms with Crippen LogP contribution in [0.3, 0.4) is 0 Å². The predicted octanol–water partition coefficient (Wildman–Crippen LogP) is 1.57. The fourth-order valence-electron chi connectivity index (χ4n) is 0.869. The number of halogens is 4. The van der Waals surface area contributed by atoms with Crippen LogP contribution in [0.1, 0.15) is 10.4 Å². The van der Waals surface area contributed by atoms with Crippen molar-refractivity contribution >= 4 is 11.9 Å². The van der Waals surface area contributed by atoms with Crippen LogP contribution in [0.5, 0.6) is 5.75 Å². The van der Waals surface area contributed by atoms with E-state index in [2.05, 4.69) is 0 Å². The van der Waals surface area contributed by atoms with Crippen LogP contribution < -0.4 is 10.5 Å². The first-order chi connectivity index (χ1) is 8.59. The molecule has 1 amide bonds. The molecule has 0 saturated heterocycles. The Morgan fingerprint density at radius 2 is 1.79 bits per heavy atom. The molecular weight excluding hydrogens is 274 g/mol. The lowest BCUT2D eigenvalue weighted by Crippen LogP contribution is -2.21. The molecule has 19 heavy (non-hydrogen) atoms. The van der Waals surface area contributed by atoms with Gasteiger partial charge in [0.15, 0.2) is 0 Å². The first-order valence-corrected chi connectivity index (χ1v) is 4.53. The van der Waals surface area contributed by atoms with E-state index >= 15 is 0 Å². The van der Waals surface area contributed by atoms with Gasteiger partial charge in [-0.3, -0.25) is 4.79 Å². The number of primary amides is 1. The lowest BCUT2D eigenvalue weighted by molar-refractivity contribution is -0.192. The maximum absolute atomic E-state index is 12.6. The van der Waals surface area contributed by atoms with Crippen LogP contribution in [-0.2, 0) is 4.79 Å². The molecule has 0 heterocycles. The van der Waals surface area contributed by atoms with Crippen molar-refractivity contribution in [3.05, 3.63) is 29.6 Å². The van der Waals surface area contributed by atoms with Crippen molar-refractivity contribution in [3.8, 4) is 5.75 Å². The summed E-state index contributed by atoms with van der Waals surface area (Å²) in [7, 11) is 1.35. The summed E-state index contributed by atoms with van der Waals surface area (Å²) in [6, 6.07) is 3.55. The van der Waals surface area contributed by atoms with Crippen molar-refractivity contribution in [2.45, 2.75) is 6.18 Å². The van der Waals surface area contributed by atoms with E-state index in [1.54, 1.807) is 0 Å². The second kappa shape index (κ2) is 6.57. The van der Waals surface area contributed by atoms with Crippen molar-refractivity contribution in [1.82, 2.24) is 0 Å². The Morgan fingerprint density at radius 1 is 1.32 bits per heavy atom. The number of carbonyl (C=O) groups is 2. The minimum absolute atomic E-state index is 0.155. The predicted molar refractivity (Wildman–Crippen MR) is 55.2 cm³/mol. The summed E-state index contributed by atoms with van der Waals surface area (Å²) in [5.41, 5.74) is 5.18. The van der Waals surface area contributed by atoms with Crippen LogP contribution in [0.15, 0.2) is 18.2 Å². The number of benzene rings is 1. The van der Waals surface area contributed by atoms with E-state index in [9.17, 15) is 22.4 Å². The number of nitrogens with two attached hydrogens (primary N) is 1. The Labute approximate surface area is 104 Å². The first kappa shape index (κ1) is 16.7. The van der Waals surface area contributed by atoms with E-state index in [0.717, 1.165) is 12.1 Å². The molecule has 0 bridgehead atoms. The molecule has 1 aromatic carbocycles. The fraction of sp³-hybridized carbons (Fsp3) is 0.200. The van der Waals surface area contributed by atoms with Crippen LogP contribution in [0.2, 0.25) is 0 Å². The Morgan fingerprint density at radius 3 is 2.11 bits per heavy atom. The molecule has 0 aromatic heterocycles. The molecule has 0 aliphatic rings. The first-order valence-electron chi connectivity index (χ1n) is 4.53. The highest BCUT2D eigenvalue weighted by molar-refractivity contribution is 5.95. The van der Waals surface area contributed by atoms with E-state index < -0.39 is 23.9 Å². The zero-order valence-electron chi connectivity index (χ0n) is 9.49. The maximum Gasteiger partial charge on any atom is 0.490 e. The minimum atomic E-state index is -5.08. The number of aliphatic carboxylic acids is 1. The zero-order chi connectivity index (χ0) is 15.2. The molecule has 0 fully saturated rings. The lowest BCUT2D eigenvalue weighted by atomic mass is 10.2. The molecule has 0 aliphatic heterocycles. The van der Waals surface area contributed by atoms with Crippen LogP contribution in [0, 0.1) is 5.82 Å². The summed E-state index contributed by atoms with van der Waals surface area (Å²) in [6.07, 6.45) is -5.08. The van der Waals surface area contributed by atoms with Crippen LogP contribution in [0.25, 0.3) is 0 Å². The molecular formula is C10H9F4NO4. The third-order valence-electron chi connectivity index (χ3n) is 1.67. The monoisotopic (exact) mass is 283 g/mol. The summed E-state index contributed by atoms with van der Waals surface area (Å²) in [6.45, 7) is 0. The molecule has 9 heteroatoms. The third kappa shape index (κ3) is 5.70. The van der Waals surface area contributed by atoms with Gasteiger partial charge in [-0.2, -0.15) is 13.2 Å². The van der Waals surface area contributed by atoms with Gasteiger partial charge in [-0.25, -0.2) is 9.18 Å². The topological polar surface area (TPSA) is 89.6 Å². The van der Waals surface area contributed by atoms with Gasteiger partial charge in [0.2, 0.25) is 0 Å². The molecule has 0 aliphatic carbocycles. The van der Waals surface area contributed by atoms with Gasteiger partial charge < -0.3 is 15.6 Å². The highest BCUT2D eigenvalue weighted by atomic mass is 19.4. The van der Waals surface area contributed by atoms with Crippen molar-refractivity contribution in [2.24, 2.45) is 5.73 Å². The highest BCUT2D eigenvalue weighted by Gasteiger charge is 2.38. The molecule has 106 valence electrons. The van der Waals surface area contributed by atoms with E-state index in [1.807, 2.05) is 0 Å². The van der Waals surface area contributed by atoms with Gasteiger partial charge in [-0.05, 0) is 12.1 Å². The molecule has 5 nitrogen and oxygen atoms in total. The fourth-order valence-corrected chi connectivity index (χ4v) is 0.869. The quantitative estimate of drug-likeness (QED) is 0.806. The molecule has 0 spiro atoms. The number of carboxylic acid groups (broad SMARTS) is 1. The van der Waals surface area contributed by atoms with Crippen molar-refractivity contribution in [3.63, 3.8) is 0 Å². The van der Waals surface area contributed by atoms with Crippen molar-refractivity contribution < 1.29 is 37.0 Å². The molecule has 0 atom stereocenters. The Hall–Kier alpha value is -2.32. The number of hydrogen-bond donors (Lipinski definition) is 2. The maximum atomic E-state index is 12.6. The van der Waals surface area contributed by atoms with E-state index in [0.29, 0.717) is 0 Å². The molecule has 1 rings (SSSR count). The van der Waals surface area contributed by atoms with Gasteiger partial charge in [0, 0.05) is 6.07 Å². The van der Waals surface area contributed by atoms with Gasteiger partial charge in [-0.1, -0.05) is 0 Å². The second-order valence-corrected chi connectivity index (χ2v) is 3.01. The number of carbonyl (C=O) groups excluding carboxylic acids is 1. The average molecular weight is 283 g/mol. The smallest absolute Gasteiger partial charge is 0.490 e. The molecule has 0 saturated carbocycles. The summed E-state index contributed by atoms with van der Waals surface area (Å²) < 4.78 is 49.0. The van der Waals surface area contributed by atoms with Gasteiger partial charge in [0.05, 0.1) is 12.7 Å². The second-order valence-electron chi connectivity index (χ2n) is 3.01. The lowest BCUT2D eigenvalue weighted by Gasteiger charge is -2.03. The van der Waals surface area contributed by atoms with Gasteiger partial charge >= 0.3 is 12.1 Å². The van der Waals surface area contributed by atoms with Crippen molar-refractivity contribution in [2.75, 3.05) is 7.11 Å². The molecule has 1 aromatic rings. The number of amides is 1. The Bertz CT molecular complexity index is 473. The van der Waals surface area contributed by atoms with Gasteiger partial charge in [0.1, 0.15) is 11.6 Å². The van der Waals surface area contributed by atoms with Crippen molar-refractivity contribution in [1.29, 1.82) is 0 Å². The van der Waals surface area contributed by atoms with E-state index in [4.69, 9.17) is 20.4 Å². The van der Waals surface area contributed by atoms with E-state index in [1.165, 1.54) is 13.2 Å². The number of carboxylic acids is 1. The average Bonchev–Trinajstić information content (AvgIpc) is 2.27. The molecule has 0 unspecified atom stereocenters. The largest absolute Gasteiger partial charge is 0.496 e. The standard InChI is InChI=1S/C8H8FNO2.C2HF3O2/c1-12-7-4-5(9)2-3-6(7)8(10)11;3-2(4,5)1(6)7/h2-4H,1H3,(H2,10,11);(H,6,7). The van der Waals surface area contributed by atoms with Crippen LogP contribution in [-0.4, -0.2) is 30.3 Å². The summed E-state index contributed by atoms with van der Waals surface area (Å²) in [5.74, 6) is -3.70. The number of alkyl halides is 3. The Kier molecular flexibility index (Phi) is 5.77. The number of methoxy groups -OCH3 is 1. The Balaban J connectivity index is 0.000000399. The zero-order valence-corrected chi connectivity index (χ0v) is 9.49. The van der Waals surface area contributed by atoms with Crippen LogP contribution in [0.4, 0.5) is 17.6 Å². The summed E-state index contributed by atoms with van der Waals surface area (Å²) >= 11 is 0. The minimum Gasteiger partial charge on any atom is -0.496 e. The van der Waals surface area contributed by atoms with Gasteiger partial charge in [-0.15, -0.1) is 0 Å². The molecule has 0 radical (unpaired) electrons.